The van der Waals surface area contributed by atoms with Gasteiger partial charge in [0.2, 0.25) is 5.91 Å². The summed E-state index contributed by atoms with van der Waals surface area (Å²) >= 11 is 0. The Morgan fingerprint density at radius 1 is 1.26 bits per heavy atom. The standard InChI is InChI=1S/C20H22N2O5/c1-22-16(11-27-12-18(22)23)19(24)13-7-9-14(10-8-13)21-20(25)15-5-3-4-6-17(15)26-2/h3-10,16,19,24H,11-12H2,1-2H3,(H,21,25)/t16-,19-/m1/s1. The number of rotatable bonds is 5. The minimum absolute atomic E-state index is 0.0354. The van der Waals surface area contributed by atoms with Gasteiger partial charge in [-0.25, -0.2) is 0 Å². The predicted octanol–water partition coefficient (Wildman–Crippen LogP) is 1.84. The molecule has 7 nitrogen and oxygen atoms in total. The van der Waals surface area contributed by atoms with E-state index in [0.717, 1.165) is 0 Å². The SMILES string of the molecule is COc1ccccc1C(=O)Nc1ccc([C@@H](O)[C@H]2COCC(=O)N2C)cc1. The molecule has 27 heavy (non-hydrogen) atoms. The molecule has 0 saturated carbocycles. The summed E-state index contributed by atoms with van der Waals surface area (Å²) in [5.41, 5.74) is 1.66. The van der Waals surface area contributed by atoms with E-state index < -0.39 is 12.1 Å². The summed E-state index contributed by atoms with van der Waals surface area (Å²) in [5.74, 6) is 0.0461. The molecule has 1 saturated heterocycles. The van der Waals surface area contributed by atoms with Crippen molar-refractivity contribution in [1.29, 1.82) is 0 Å². The number of para-hydroxylation sites is 1. The number of nitrogens with zero attached hydrogens (tertiary/aromatic N) is 1. The van der Waals surface area contributed by atoms with Gasteiger partial charge in [0.25, 0.3) is 5.91 Å². The summed E-state index contributed by atoms with van der Waals surface area (Å²) in [6.45, 7) is 0.309. The van der Waals surface area contributed by atoms with Crippen molar-refractivity contribution >= 4 is 17.5 Å². The van der Waals surface area contributed by atoms with Crippen molar-refractivity contribution in [3.63, 3.8) is 0 Å². The third kappa shape index (κ3) is 4.10. The number of aliphatic hydroxyl groups is 1. The van der Waals surface area contributed by atoms with E-state index in [-0.39, 0.29) is 25.0 Å². The van der Waals surface area contributed by atoms with Gasteiger partial charge >= 0.3 is 0 Å². The van der Waals surface area contributed by atoms with E-state index in [1.165, 1.54) is 12.0 Å². The number of carbonyl (C=O) groups excluding carboxylic acids is 2. The maximum absolute atomic E-state index is 12.4. The second kappa shape index (κ2) is 8.20. The fraction of sp³-hybridized carbons (Fsp3) is 0.300. The van der Waals surface area contributed by atoms with Crippen LogP contribution in [0.3, 0.4) is 0 Å². The highest BCUT2D eigenvalue weighted by Gasteiger charge is 2.32. The fourth-order valence-corrected chi connectivity index (χ4v) is 2.98. The number of aliphatic hydroxyl groups excluding tert-OH is 1. The lowest BCUT2D eigenvalue weighted by Crippen LogP contribution is -2.49. The first kappa shape index (κ1) is 18.9. The van der Waals surface area contributed by atoms with Gasteiger partial charge in [0.05, 0.1) is 25.3 Å². The van der Waals surface area contributed by atoms with E-state index in [9.17, 15) is 14.7 Å². The smallest absolute Gasteiger partial charge is 0.259 e. The quantitative estimate of drug-likeness (QED) is 0.839. The zero-order valence-corrected chi connectivity index (χ0v) is 15.2. The van der Waals surface area contributed by atoms with Gasteiger partial charge in [-0.1, -0.05) is 24.3 Å². The van der Waals surface area contributed by atoms with Gasteiger partial charge in [0, 0.05) is 12.7 Å². The molecule has 2 atom stereocenters. The largest absolute Gasteiger partial charge is 0.496 e. The number of methoxy groups -OCH3 is 1. The molecule has 1 aliphatic heterocycles. The third-order valence-corrected chi connectivity index (χ3v) is 4.63. The van der Waals surface area contributed by atoms with Crippen LogP contribution in [0.15, 0.2) is 48.5 Å². The molecule has 1 heterocycles. The molecule has 3 rings (SSSR count). The molecule has 2 amide bonds. The molecule has 1 aliphatic rings. The number of carbonyl (C=O) groups is 2. The van der Waals surface area contributed by atoms with Gasteiger partial charge < -0.3 is 24.8 Å². The number of likely N-dealkylation sites (N-methyl/N-ethyl adjacent to an activating group) is 1. The zero-order chi connectivity index (χ0) is 19.4. The highest BCUT2D eigenvalue weighted by Crippen LogP contribution is 2.25. The summed E-state index contributed by atoms with van der Waals surface area (Å²) in [7, 11) is 3.17. The molecule has 7 heteroatoms. The molecular formula is C20H22N2O5. The molecule has 0 unspecified atom stereocenters. The van der Waals surface area contributed by atoms with Crippen LogP contribution in [-0.2, 0) is 9.53 Å². The molecule has 2 aromatic carbocycles. The summed E-state index contributed by atoms with van der Waals surface area (Å²) in [6, 6.07) is 13.4. The van der Waals surface area contributed by atoms with E-state index in [1.807, 2.05) is 0 Å². The lowest BCUT2D eigenvalue weighted by atomic mass is 10.0. The molecule has 0 spiro atoms. The van der Waals surface area contributed by atoms with Crippen LogP contribution in [0.25, 0.3) is 0 Å². The maximum Gasteiger partial charge on any atom is 0.259 e. The van der Waals surface area contributed by atoms with Crippen LogP contribution in [0.4, 0.5) is 5.69 Å². The van der Waals surface area contributed by atoms with Crippen molar-refractivity contribution in [2.24, 2.45) is 0 Å². The number of nitrogens with one attached hydrogen (secondary N) is 1. The van der Waals surface area contributed by atoms with Crippen molar-refractivity contribution in [3.05, 3.63) is 59.7 Å². The Balaban J connectivity index is 1.70. The third-order valence-electron chi connectivity index (χ3n) is 4.63. The van der Waals surface area contributed by atoms with Crippen molar-refractivity contribution in [1.82, 2.24) is 4.90 Å². The number of amides is 2. The second-order valence-electron chi connectivity index (χ2n) is 6.31. The molecular weight excluding hydrogens is 348 g/mol. The Hall–Kier alpha value is -2.90. The van der Waals surface area contributed by atoms with Gasteiger partial charge in [0.1, 0.15) is 18.5 Å². The Morgan fingerprint density at radius 3 is 2.67 bits per heavy atom. The Bertz CT molecular complexity index is 821. The van der Waals surface area contributed by atoms with E-state index in [4.69, 9.17) is 9.47 Å². The van der Waals surface area contributed by atoms with E-state index in [2.05, 4.69) is 5.32 Å². The zero-order valence-electron chi connectivity index (χ0n) is 15.2. The predicted molar refractivity (Wildman–Crippen MR) is 99.7 cm³/mol. The van der Waals surface area contributed by atoms with E-state index in [1.54, 1.807) is 55.6 Å². The normalized spacial score (nSPS) is 18.1. The average molecular weight is 370 g/mol. The minimum Gasteiger partial charge on any atom is -0.496 e. The maximum atomic E-state index is 12.4. The Kier molecular flexibility index (Phi) is 5.73. The average Bonchev–Trinajstić information content (AvgIpc) is 2.70. The fourth-order valence-electron chi connectivity index (χ4n) is 2.98. The van der Waals surface area contributed by atoms with Crippen molar-refractivity contribution in [2.75, 3.05) is 32.7 Å². The first-order chi connectivity index (χ1) is 13.0. The number of hydrogen-bond acceptors (Lipinski definition) is 5. The first-order valence-corrected chi connectivity index (χ1v) is 8.57. The van der Waals surface area contributed by atoms with Crippen LogP contribution in [0, 0.1) is 0 Å². The van der Waals surface area contributed by atoms with Crippen LogP contribution < -0.4 is 10.1 Å². The van der Waals surface area contributed by atoms with Crippen molar-refractivity contribution < 1.29 is 24.2 Å². The summed E-state index contributed by atoms with van der Waals surface area (Å²) in [5, 5.41) is 13.4. The van der Waals surface area contributed by atoms with Crippen LogP contribution in [0.2, 0.25) is 0 Å². The van der Waals surface area contributed by atoms with Crippen molar-refractivity contribution in [2.45, 2.75) is 12.1 Å². The molecule has 0 bridgehead atoms. The molecule has 2 aromatic rings. The van der Waals surface area contributed by atoms with Gasteiger partial charge in [-0.3, -0.25) is 9.59 Å². The lowest BCUT2D eigenvalue weighted by Gasteiger charge is -2.35. The summed E-state index contributed by atoms with van der Waals surface area (Å²) in [4.78, 5) is 25.7. The minimum atomic E-state index is -0.877. The Labute approximate surface area is 157 Å². The van der Waals surface area contributed by atoms with Gasteiger partial charge in [-0.15, -0.1) is 0 Å². The van der Waals surface area contributed by atoms with Crippen LogP contribution in [0.5, 0.6) is 5.75 Å². The molecule has 1 fully saturated rings. The van der Waals surface area contributed by atoms with Crippen LogP contribution >= 0.6 is 0 Å². The number of benzene rings is 2. The first-order valence-electron chi connectivity index (χ1n) is 8.57. The summed E-state index contributed by atoms with van der Waals surface area (Å²) in [6.07, 6.45) is -0.877. The second-order valence-corrected chi connectivity index (χ2v) is 6.31. The summed E-state index contributed by atoms with van der Waals surface area (Å²) < 4.78 is 10.4. The number of anilines is 1. The number of hydrogen-bond donors (Lipinski definition) is 2. The van der Waals surface area contributed by atoms with Gasteiger partial charge in [-0.2, -0.15) is 0 Å². The van der Waals surface area contributed by atoms with Gasteiger partial charge in [-0.05, 0) is 29.8 Å². The molecule has 2 N–H and O–H groups in total. The molecule has 0 radical (unpaired) electrons. The van der Waals surface area contributed by atoms with E-state index >= 15 is 0 Å². The Morgan fingerprint density at radius 2 is 1.96 bits per heavy atom. The van der Waals surface area contributed by atoms with Gasteiger partial charge in [0.15, 0.2) is 0 Å². The number of ether oxygens (including phenoxy) is 2. The highest BCUT2D eigenvalue weighted by atomic mass is 16.5. The molecule has 0 aliphatic carbocycles. The number of morpholine rings is 1. The topological polar surface area (TPSA) is 88.1 Å². The monoisotopic (exact) mass is 370 g/mol. The van der Waals surface area contributed by atoms with Crippen LogP contribution in [0.1, 0.15) is 22.0 Å². The van der Waals surface area contributed by atoms with Crippen LogP contribution in [-0.4, -0.2) is 55.2 Å². The highest BCUT2D eigenvalue weighted by molar-refractivity contribution is 6.06. The molecule has 142 valence electrons. The molecule has 0 aromatic heterocycles. The van der Waals surface area contributed by atoms with Crippen molar-refractivity contribution in [3.8, 4) is 5.75 Å². The van der Waals surface area contributed by atoms with E-state index in [0.29, 0.717) is 22.6 Å². The lowest BCUT2D eigenvalue weighted by molar-refractivity contribution is -0.151.